The molecular weight excluding hydrogens is 338 g/mol. The van der Waals surface area contributed by atoms with Crippen LogP contribution in [0.1, 0.15) is 25.7 Å². The Morgan fingerprint density at radius 1 is 1.24 bits per heavy atom. The Labute approximate surface area is 154 Å². The number of benzene rings is 1. The van der Waals surface area contributed by atoms with Gasteiger partial charge in [-0.1, -0.05) is 11.6 Å². The third kappa shape index (κ3) is 4.33. The Balaban J connectivity index is 1.55. The van der Waals surface area contributed by atoms with Crippen LogP contribution in [0.25, 0.3) is 0 Å². The molecule has 0 bridgehead atoms. The van der Waals surface area contributed by atoms with Gasteiger partial charge in [-0.25, -0.2) is 0 Å². The summed E-state index contributed by atoms with van der Waals surface area (Å²) in [6.45, 7) is 3.14. The first-order valence-corrected chi connectivity index (χ1v) is 9.45. The lowest BCUT2D eigenvalue weighted by atomic mass is 9.92. The van der Waals surface area contributed by atoms with E-state index in [1.807, 2.05) is 24.1 Å². The minimum absolute atomic E-state index is 0.0181. The highest BCUT2D eigenvalue weighted by atomic mass is 35.5. The van der Waals surface area contributed by atoms with E-state index in [1.54, 1.807) is 17.0 Å². The highest BCUT2D eigenvalue weighted by Crippen LogP contribution is 2.29. The van der Waals surface area contributed by atoms with E-state index in [-0.39, 0.29) is 17.7 Å². The average Bonchev–Trinajstić information content (AvgIpc) is 3.02. The summed E-state index contributed by atoms with van der Waals surface area (Å²) in [5.41, 5.74) is 0.815. The van der Waals surface area contributed by atoms with Gasteiger partial charge < -0.3 is 15.1 Å². The van der Waals surface area contributed by atoms with Crippen LogP contribution in [0.2, 0.25) is 5.02 Å². The molecule has 0 saturated carbocycles. The van der Waals surface area contributed by atoms with E-state index in [4.69, 9.17) is 11.6 Å². The second kappa shape index (κ2) is 8.19. The van der Waals surface area contributed by atoms with E-state index >= 15 is 0 Å². The van der Waals surface area contributed by atoms with Crippen molar-refractivity contribution < 1.29 is 9.59 Å². The van der Waals surface area contributed by atoms with Gasteiger partial charge in [-0.15, -0.1) is 0 Å². The van der Waals surface area contributed by atoms with Crippen molar-refractivity contribution in [1.82, 2.24) is 10.2 Å². The molecule has 25 heavy (non-hydrogen) atoms. The predicted molar refractivity (Wildman–Crippen MR) is 99.8 cm³/mol. The summed E-state index contributed by atoms with van der Waals surface area (Å²) in [5, 5.41) is 3.83. The summed E-state index contributed by atoms with van der Waals surface area (Å²) in [7, 11) is 1.97. The first-order chi connectivity index (χ1) is 12.1. The van der Waals surface area contributed by atoms with Crippen LogP contribution in [0.3, 0.4) is 0 Å². The summed E-state index contributed by atoms with van der Waals surface area (Å²) in [6.07, 6.45) is 3.61. The molecule has 0 aliphatic carbocycles. The molecule has 1 aromatic rings. The Kier molecular flexibility index (Phi) is 5.97. The number of hydrogen-bond acceptors (Lipinski definition) is 3. The number of nitrogens with zero attached hydrogens (tertiary/aromatic N) is 2. The molecule has 1 atom stereocenters. The number of halogens is 1. The molecular formula is C19H26ClN3O2. The van der Waals surface area contributed by atoms with Crippen molar-refractivity contribution in [2.45, 2.75) is 25.7 Å². The number of likely N-dealkylation sites (tertiary alicyclic amines) is 1. The number of nitrogens with one attached hydrogen (secondary N) is 1. The van der Waals surface area contributed by atoms with Gasteiger partial charge in [-0.2, -0.15) is 0 Å². The molecule has 3 rings (SSSR count). The Bertz CT molecular complexity index is 612. The molecule has 1 unspecified atom stereocenters. The van der Waals surface area contributed by atoms with Crippen molar-refractivity contribution in [2.24, 2.45) is 11.8 Å². The Hall–Kier alpha value is -1.59. The SMILES string of the molecule is CNCCC1CCN(C(=O)C2CC(=O)N(c3ccc(Cl)cc3)C2)CC1. The lowest BCUT2D eigenvalue weighted by molar-refractivity contribution is -0.137. The van der Waals surface area contributed by atoms with Gasteiger partial charge in [-0.05, 0) is 63.0 Å². The van der Waals surface area contributed by atoms with E-state index in [9.17, 15) is 9.59 Å². The molecule has 6 heteroatoms. The van der Waals surface area contributed by atoms with Crippen LogP contribution in [-0.4, -0.2) is 49.9 Å². The lowest BCUT2D eigenvalue weighted by Gasteiger charge is -2.33. The number of carbonyl (C=O) groups is 2. The fourth-order valence-corrected chi connectivity index (χ4v) is 3.92. The van der Waals surface area contributed by atoms with Crippen molar-refractivity contribution in [3.63, 3.8) is 0 Å². The van der Waals surface area contributed by atoms with Crippen molar-refractivity contribution in [3.05, 3.63) is 29.3 Å². The van der Waals surface area contributed by atoms with Gasteiger partial charge in [0, 0.05) is 36.8 Å². The molecule has 1 N–H and O–H groups in total. The number of hydrogen-bond donors (Lipinski definition) is 1. The van der Waals surface area contributed by atoms with Crippen LogP contribution in [0.15, 0.2) is 24.3 Å². The number of piperidine rings is 1. The normalized spacial score (nSPS) is 21.8. The van der Waals surface area contributed by atoms with Crippen LogP contribution in [0, 0.1) is 11.8 Å². The Morgan fingerprint density at radius 2 is 1.92 bits per heavy atom. The third-order valence-electron chi connectivity index (χ3n) is 5.34. The standard InChI is InChI=1S/C19H26ClN3O2/c1-21-9-6-14-7-10-22(11-8-14)19(25)15-12-18(24)23(13-15)17-4-2-16(20)3-5-17/h2-5,14-15,21H,6-13H2,1H3. The van der Waals surface area contributed by atoms with E-state index in [0.29, 0.717) is 23.9 Å². The second-order valence-electron chi connectivity index (χ2n) is 7.04. The van der Waals surface area contributed by atoms with Crippen LogP contribution in [0.4, 0.5) is 5.69 Å². The topological polar surface area (TPSA) is 52.7 Å². The maximum absolute atomic E-state index is 12.8. The first-order valence-electron chi connectivity index (χ1n) is 9.08. The molecule has 2 aliphatic heterocycles. The largest absolute Gasteiger partial charge is 0.342 e. The van der Waals surface area contributed by atoms with Gasteiger partial charge >= 0.3 is 0 Å². The van der Waals surface area contributed by atoms with Gasteiger partial charge in [0.15, 0.2) is 0 Å². The monoisotopic (exact) mass is 363 g/mol. The first kappa shape index (κ1) is 18.2. The highest BCUT2D eigenvalue weighted by Gasteiger charge is 2.38. The van der Waals surface area contributed by atoms with Gasteiger partial charge in [0.05, 0.1) is 5.92 Å². The second-order valence-corrected chi connectivity index (χ2v) is 7.48. The number of carbonyl (C=O) groups excluding carboxylic acids is 2. The van der Waals surface area contributed by atoms with Gasteiger partial charge in [-0.3, -0.25) is 9.59 Å². The highest BCUT2D eigenvalue weighted by molar-refractivity contribution is 6.30. The molecule has 0 radical (unpaired) electrons. The summed E-state index contributed by atoms with van der Waals surface area (Å²) in [5.74, 6) is 0.630. The summed E-state index contributed by atoms with van der Waals surface area (Å²) in [6, 6.07) is 7.21. The van der Waals surface area contributed by atoms with E-state index < -0.39 is 0 Å². The Morgan fingerprint density at radius 3 is 2.56 bits per heavy atom. The van der Waals surface area contributed by atoms with Crippen LogP contribution < -0.4 is 10.2 Å². The molecule has 2 aliphatic rings. The zero-order valence-electron chi connectivity index (χ0n) is 14.7. The van der Waals surface area contributed by atoms with Gasteiger partial charge in [0.1, 0.15) is 0 Å². The van der Waals surface area contributed by atoms with Crippen molar-refractivity contribution >= 4 is 29.1 Å². The third-order valence-corrected chi connectivity index (χ3v) is 5.59. The van der Waals surface area contributed by atoms with Crippen LogP contribution in [-0.2, 0) is 9.59 Å². The molecule has 2 saturated heterocycles. The lowest BCUT2D eigenvalue weighted by Crippen LogP contribution is -2.42. The van der Waals surface area contributed by atoms with Crippen molar-refractivity contribution in [2.75, 3.05) is 38.1 Å². The maximum atomic E-state index is 12.8. The van der Waals surface area contributed by atoms with Crippen molar-refractivity contribution in [3.8, 4) is 0 Å². The minimum Gasteiger partial charge on any atom is -0.342 e. The van der Waals surface area contributed by atoms with Gasteiger partial charge in [0.2, 0.25) is 11.8 Å². The number of amides is 2. The van der Waals surface area contributed by atoms with Crippen LogP contribution >= 0.6 is 11.6 Å². The van der Waals surface area contributed by atoms with Crippen LogP contribution in [0.5, 0.6) is 0 Å². The smallest absolute Gasteiger partial charge is 0.228 e. The molecule has 2 heterocycles. The fraction of sp³-hybridized carbons (Fsp3) is 0.579. The summed E-state index contributed by atoms with van der Waals surface area (Å²) < 4.78 is 0. The molecule has 0 aromatic heterocycles. The quantitative estimate of drug-likeness (QED) is 0.874. The molecule has 0 spiro atoms. The van der Waals surface area contributed by atoms with Gasteiger partial charge in [0.25, 0.3) is 0 Å². The molecule has 2 fully saturated rings. The van der Waals surface area contributed by atoms with E-state index in [0.717, 1.165) is 38.2 Å². The zero-order valence-corrected chi connectivity index (χ0v) is 15.5. The van der Waals surface area contributed by atoms with Crippen molar-refractivity contribution in [1.29, 1.82) is 0 Å². The fourth-order valence-electron chi connectivity index (χ4n) is 3.79. The number of rotatable bonds is 5. The van der Waals surface area contributed by atoms with E-state index in [2.05, 4.69) is 5.32 Å². The minimum atomic E-state index is -0.225. The summed E-state index contributed by atoms with van der Waals surface area (Å²) in [4.78, 5) is 28.8. The molecule has 1 aromatic carbocycles. The predicted octanol–water partition coefficient (Wildman–Crippen LogP) is 2.54. The maximum Gasteiger partial charge on any atom is 0.228 e. The average molecular weight is 364 g/mol. The zero-order chi connectivity index (χ0) is 17.8. The molecule has 5 nitrogen and oxygen atoms in total. The van der Waals surface area contributed by atoms with E-state index in [1.165, 1.54) is 6.42 Å². The molecule has 2 amide bonds. The number of anilines is 1. The summed E-state index contributed by atoms with van der Waals surface area (Å²) >= 11 is 5.91. The molecule has 136 valence electrons.